The van der Waals surface area contributed by atoms with E-state index in [0.717, 1.165) is 10.6 Å². The molecule has 2 aromatic heterocycles. The van der Waals surface area contributed by atoms with Crippen LogP contribution in [0.3, 0.4) is 0 Å². The summed E-state index contributed by atoms with van der Waals surface area (Å²) in [4.78, 5) is 29.4. The molecule has 0 unspecified atom stereocenters. The molecule has 0 aliphatic rings. The lowest BCUT2D eigenvalue weighted by Crippen LogP contribution is -2.36. The summed E-state index contributed by atoms with van der Waals surface area (Å²) >= 11 is 3.09. The average Bonchev–Trinajstić information content (AvgIpc) is 3.36. The van der Waals surface area contributed by atoms with E-state index in [4.69, 9.17) is 4.42 Å². The van der Waals surface area contributed by atoms with Crippen molar-refractivity contribution in [3.05, 3.63) is 70.6 Å². The number of benzene rings is 1. The molecule has 0 aliphatic carbocycles. The predicted octanol–water partition coefficient (Wildman–Crippen LogP) is 3.07. The Labute approximate surface area is 159 Å². The molecule has 26 heavy (non-hydrogen) atoms. The molecule has 3 rings (SSSR count). The van der Waals surface area contributed by atoms with E-state index in [-0.39, 0.29) is 18.4 Å². The number of thiazole rings is 1. The van der Waals surface area contributed by atoms with E-state index in [1.54, 1.807) is 59.1 Å². The molecule has 2 N–H and O–H groups in total. The Balaban J connectivity index is 1.51. The summed E-state index contributed by atoms with van der Waals surface area (Å²) < 4.78 is 5.14. The van der Waals surface area contributed by atoms with Gasteiger partial charge in [0.25, 0.3) is 5.91 Å². The number of hydrogen-bond donors (Lipinski definition) is 2. The monoisotopic (exact) mass is 387 g/mol. The van der Waals surface area contributed by atoms with Crippen molar-refractivity contribution in [2.45, 2.75) is 17.2 Å². The second-order valence-electron chi connectivity index (χ2n) is 5.30. The number of nitrogens with zero attached hydrogens (tertiary/aromatic N) is 1. The van der Waals surface area contributed by atoms with Crippen molar-refractivity contribution in [3.63, 3.8) is 0 Å². The summed E-state index contributed by atoms with van der Waals surface area (Å²) in [5.41, 5.74) is 3.31. The van der Waals surface area contributed by atoms with Gasteiger partial charge in [-0.05, 0) is 24.3 Å². The Morgan fingerprint density at radius 2 is 2.04 bits per heavy atom. The van der Waals surface area contributed by atoms with Gasteiger partial charge in [-0.15, -0.1) is 23.1 Å². The van der Waals surface area contributed by atoms with Crippen molar-refractivity contribution < 1.29 is 14.0 Å². The molecule has 0 radical (unpaired) electrons. The molecule has 0 fully saturated rings. The highest BCUT2D eigenvalue weighted by Crippen LogP contribution is 2.26. The van der Waals surface area contributed by atoms with Crippen molar-refractivity contribution in [1.82, 2.24) is 15.6 Å². The molecule has 0 atom stereocenters. The Hall–Kier alpha value is -2.58. The number of furan rings is 1. The van der Waals surface area contributed by atoms with Crippen LogP contribution in [0, 0.1) is 0 Å². The summed E-state index contributed by atoms with van der Waals surface area (Å²) in [5, 5.41) is 7.33. The normalized spacial score (nSPS) is 10.5. The van der Waals surface area contributed by atoms with Gasteiger partial charge in [-0.3, -0.25) is 9.59 Å². The summed E-state index contributed by atoms with van der Waals surface area (Å²) in [6, 6.07) is 10.9. The van der Waals surface area contributed by atoms with Crippen LogP contribution in [0.1, 0.15) is 21.8 Å². The maximum Gasteiger partial charge on any atom is 0.252 e. The first-order chi connectivity index (χ1) is 12.7. The second kappa shape index (κ2) is 9.21. The van der Waals surface area contributed by atoms with Gasteiger partial charge in [0.2, 0.25) is 5.91 Å². The highest BCUT2D eigenvalue weighted by Gasteiger charge is 2.13. The Morgan fingerprint density at radius 1 is 1.15 bits per heavy atom. The molecule has 6 nitrogen and oxygen atoms in total. The number of aromatic nitrogens is 1. The number of nitrogens with one attached hydrogen (secondary N) is 2. The molecule has 0 saturated heterocycles. The molecule has 8 heteroatoms. The molecule has 0 spiro atoms. The molecule has 0 bridgehead atoms. The molecule has 3 aromatic rings. The third-order valence-electron chi connectivity index (χ3n) is 3.44. The first-order valence-electron chi connectivity index (χ1n) is 7.88. The Bertz CT molecular complexity index is 848. The van der Waals surface area contributed by atoms with Crippen LogP contribution in [0.15, 0.2) is 62.9 Å². The standard InChI is InChI=1S/C18H17N3O3S2/c22-17(19-8-14-4-3-7-24-14)9-20-18(23)15-5-1-2-6-16(15)26-11-13-10-25-12-21-13/h1-7,10,12H,8-9,11H2,(H,19,22)(H,20,23). The zero-order valence-electron chi connectivity index (χ0n) is 13.8. The smallest absolute Gasteiger partial charge is 0.252 e. The lowest BCUT2D eigenvalue weighted by atomic mass is 10.2. The maximum absolute atomic E-state index is 12.4. The fourth-order valence-electron chi connectivity index (χ4n) is 2.16. The summed E-state index contributed by atoms with van der Waals surface area (Å²) in [6.45, 7) is 0.201. The quantitative estimate of drug-likeness (QED) is 0.580. The van der Waals surface area contributed by atoms with E-state index in [1.165, 1.54) is 0 Å². The van der Waals surface area contributed by atoms with Gasteiger partial charge >= 0.3 is 0 Å². The minimum absolute atomic E-state index is 0.0926. The fourth-order valence-corrected chi connectivity index (χ4v) is 3.77. The molecule has 0 saturated carbocycles. The van der Waals surface area contributed by atoms with E-state index in [9.17, 15) is 9.59 Å². The lowest BCUT2D eigenvalue weighted by molar-refractivity contribution is -0.120. The largest absolute Gasteiger partial charge is 0.467 e. The zero-order valence-corrected chi connectivity index (χ0v) is 15.4. The highest BCUT2D eigenvalue weighted by atomic mass is 32.2. The number of amides is 2. The molecular formula is C18H17N3O3S2. The van der Waals surface area contributed by atoms with Crippen LogP contribution in [0.25, 0.3) is 0 Å². The third kappa shape index (κ3) is 5.21. The van der Waals surface area contributed by atoms with Crippen LogP contribution >= 0.6 is 23.1 Å². The van der Waals surface area contributed by atoms with Crippen LogP contribution < -0.4 is 10.6 Å². The van der Waals surface area contributed by atoms with Crippen LogP contribution in [-0.2, 0) is 17.1 Å². The first-order valence-corrected chi connectivity index (χ1v) is 9.81. The molecule has 2 amide bonds. The summed E-state index contributed by atoms with van der Waals surface area (Å²) in [5.74, 6) is 0.799. The van der Waals surface area contributed by atoms with Crippen LogP contribution in [0.4, 0.5) is 0 Å². The van der Waals surface area contributed by atoms with E-state index in [2.05, 4.69) is 15.6 Å². The third-order valence-corrected chi connectivity index (χ3v) is 5.18. The topological polar surface area (TPSA) is 84.2 Å². The van der Waals surface area contributed by atoms with E-state index < -0.39 is 0 Å². The molecule has 134 valence electrons. The Kier molecular flexibility index (Phi) is 6.45. The van der Waals surface area contributed by atoms with E-state index in [1.807, 2.05) is 17.5 Å². The second-order valence-corrected chi connectivity index (χ2v) is 7.04. The number of carbonyl (C=O) groups is 2. The van der Waals surface area contributed by atoms with Crippen LogP contribution in [-0.4, -0.2) is 23.3 Å². The number of thioether (sulfide) groups is 1. The molecule has 1 aromatic carbocycles. The predicted molar refractivity (Wildman–Crippen MR) is 101 cm³/mol. The van der Waals surface area contributed by atoms with Crippen molar-refractivity contribution in [2.24, 2.45) is 0 Å². The van der Waals surface area contributed by atoms with Gasteiger partial charge in [0, 0.05) is 16.0 Å². The average molecular weight is 387 g/mol. The zero-order chi connectivity index (χ0) is 18.2. The van der Waals surface area contributed by atoms with Crippen molar-refractivity contribution >= 4 is 34.9 Å². The maximum atomic E-state index is 12.4. The van der Waals surface area contributed by atoms with Gasteiger partial charge in [0.1, 0.15) is 5.76 Å². The summed E-state index contributed by atoms with van der Waals surface area (Å²) in [7, 11) is 0. The number of hydrogen-bond acceptors (Lipinski definition) is 6. The molecule has 0 aliphatic heterocycles. The van der Waals surface area contributed by atoms with Crippen LogP contribution in [0.5, 0.6) is 0 Å². The minimum atomic E-state index is -0.278. The minimum Gasteiger partial charge on any atom is -0.467 e. The van der Waals surface area contributed by atoms with Crippen LogP contribution in [0.2, 0.25) is 0 Å². The van der Waals surface area contributed by atoms with Gasteiger partial charge in [-0.2, -0.15) is 0 Å². The van der Waals surface area contributed by atoms with Crippen molar-refractivity contribution in [1.29, 1.82) is 0 Å². The number of carbonyl (C=O) groups excluding carboxylic acids is 2. The van der Waals surface area contributed by atoms with E-state index in [0.29, 0.717) is 23.6 Å². The Morgan fingerprint density at radius 3 is 2.81 bits per heavy atom. The molecule has 2 heterocycles. The lowest BCUT2D eigenvalue weighted by Gasteiger charge is -2.09. The van der Waals surface area contributed by atoms with Gasteiger partial charge in [0.15, 0.2) is 0 Å². The van der Waals surface area contributed by atoms with Crippen molar-refractivity contribution in [3.8, 4) is 0 Å². The van der Waals surface area contributed by atoms with E-state index >= 15 is 0 Å². The first kappa shape index (κ1) is 18.2. The highest BCUT2D eigenvalue weighted by molar-refractivity contribution is 7.98. The molecular weight excluding hydrogens is 370 g/mol. The summed E-state index contributed by atoms with van der Waals surface area (Å²) in [6.07, 6.45) is 1.55. The van der Waals surface area contributed by atoms with Gasteiger partial charge in [-0.25, -0.2) is 4.98 Å². The van der Waals surface area contributed by atoms with Gasteiger partial charge in [-0.1, -0.05) is 12.1 Å². The SMILES string of the molecule is O=C(CNC(=O)c1ccccc1SCc1cscn1)NCc1ccco1. The fraction of sp³-hybridized carbons (Fsp3) is 0.167. The van der Waals surface area contributed by atoms with Crippen molar-refractivity contribution in [2.75, 3.05) is 6.54 Å². The number of rotatable bonds is 8. The van der Waals surface area contributed by atoms with Gasteiger partial charge in [0.05, 0.1) is 36.1 Å². The van der Waals surface area contributed by atoms with Gasteiger partial charge < -0.3 is 15.1 Å².